The normalized spacial score (nSPS) is 13.9. The van der Waals surface area contributed by atoms with Crippen LogP contribution in [0.4, 0.5) is 5.69 Å². The zero-order valence-corrected chi connectivity index (χ0v) is 13.9. The SMILES string of the molecule is CC[C@@H](Oc1ccc(C)cc1)C(=O)Nc1ccc2c(c1)OCCO2. The number of carbonyl (C=O) groups is 1. The van der Waals surface area contributed by atoms with Crippen LogP contribution in [-0.2, 0) is 4.79 Å². The standard InChI is InChI=1S/C19H21NO4/c1-3-16(24-15-7-4-13(2)5-8-15)19(21)20-14-6-9-17-18(12-14)23-11-10-22-17/h4-9,12,16H,3,10-11H2,1-2H3,(H,20,21)/t16-/m1/s1. The summed E-state index contributed by atoms with van der Waals surface area (Å²) in [5.74, 6) is 1.84. The molecule has 0 bridgehead atoms. The molecule has 2 aromatic rings. The fraction of sp³-hybridized carbons (Fsp3) is 0.316. The van der Waals surface area contributed by atoms with Gasteiger partial charge < -0.3 is 19.5 Å². The van der Waals surface area contributed by atoms with Crippen molar-refractivity contribution in [3.63, 3.8) is 0 Å². The molecule has 1 atom stereocenters. The van der Waals surface area contributed by atoms with E-state index in [-0.39, 0.29) is 5.91 Å². The number of carbonyl (C=O) groups excluding carboxylic acids is 1. The van der Waals surface area contributed by atoms with E-state index in [4.69, 9.17) is 14.2 Å². The van der Waals surface area contributed by atoms with E-state index >= 15 is 0 Å². The topological polar surface area (TPSA) is 56.8 Å². The summed E-state index contributed by atoms with van der Waals surface area (Å²) in [4.78, 5) is 12.5. The summed E-state index contributed by atoms with van der Waals surface area (Å²) >= 11 is 0. The van der Waals surface area contributed by atoms with Gasteiger partial charge in [-0.15, -0.1) is 0 Å². The minimum atomic E-state index is -0.555. The number of nitrogens with one attached hydrogen (secondary N) is 1. The Morgan fingerprint density at radius 1 is 1.12 bits per heavy atom. The van der Waals surface area contributed by atoms with Gasteiger partial charge in [-0.1, -0.05) is 24.6 Å². The molecule has 1 amide bonds. The van der Waals surface area contributed by atoms with E-state index in [9.17, 15) is 4.79 Å². The van der Waals surface area contributed by atoms with E-state index in [2.05, 4.69) is 5.32 Å². The third-order valence-electron chi connectivity index (χ3n) is 3.77. The number of rotatable bonds is 5. The summed E-state index contributed by atoms with van der Waals surface area (Å²) in [5.41, 5.74) is 1.81. The van der Waals surface area contributed by atoms with E-state index in [1.165, 1.54) is 0 Å². The number of hydrogen-bond acceptors (Lipinski definition) is 4. The van der Waals surface area contributed by atoms with Crippen molar-refractivity contribution < 1.29 is 19.0 Å². The van der Waals surface area contributed by atoms with Crippen molar-refractivity contribution in [3.8, 4) is 17.2 Å². The van der Waals surface area contributed by atoms with Gasteiger partial charge in [0.25, 0.3) is 5.91 Å². The first-order chi connectivity index (χ1) is 11.7. The molecule has 0 unspecified atom stereocenters. The number of anilines is 1. The summed E-state index contributed by atoms with van der Waals surface area (Å²) in [6.07, 6.45) is 0.0190. The second kappa shape index (κ2) is 7.25. The zero-order valence-electron chi connectivity index (χ0n) is 13.9. The van der Waals surface area contributed by atoms with Crippen LogP contribution < -0.4 is 19.5 Å². The number of fused-ring (bicyclic) bond motifs is 1. The lowest BCUT2D eigenvalue weighted by atomic mass is 10.2. The number of aryl methyl sites for hydroxylation is 1. The Labute approximate surface area is 141 Å². The molecule has 3 rings (SSSR count). The fourth-order valence-electron chi connectivity index (χ4n) is 2.45. The number of benzene rings is 2. The lowest BCUT2D eigenvalue weighted by molar-refractivity contribution is -0.122. The molecule has 0 fully saturated rings. The highest BCUT2D eigenvalue weighted by atomic mass is 16.6. The molecule has 1 aliphatic rings. The summed E-state index contributed by atoms with van der Waals surface area (Å²) in [7, 11) is 0. The first-order valence-electron chi connectivity index (χ1n) is 8.09. The van der Waals surface area contributed by atoms with Crippen LogP contribution in [0.2, 0.25) is 0 Å². The predicted octanol–water partition coefficient (Wildman–Crippen LogP) is 3.56. The highest BCUT2D eigenvalue weighted by Crippen LogP contribution is 2.32. The molecule has 0 radical (unpaired) electrons. The Balaban J connectivity index is 1.67. The first-order valence-corrected chi connectivity index (χ1v) is 8.09. The van der Waals surface area contributed by atoms with Crippen LogP contribution in [-0.4, -0.2) is 25.2 Å². The van der Waals surface area contributed by atoms with Crippen molar-refractivity contribution in [3.05, 3.63) is 48.0 Å². The summed E-state index contributed by atoms with van der Waals surface area (Å²) in [6.45, 7) is 4.98. The van der Waals surface area contributed by atoms with Crippen LogP contribution in [0.3, 0.4) is 0 Å². The molecule has 0 saturated heterocycles. The maximum Gasteiger partial charge on any atom is 0.265 e. The van der Waals surface area contributed by atoms with E-state index in [0.717, 1.165) is 5.56 Å². The molecule has 0 saturated carbocycles. The highest BCUT2D eigenvalue weighted by Gasteiger charge is 2.20. The third kappa shape index (κ3) is 3.79. The van der Waals surface area contributed by atoms with E-state index in [1.54, 1.807) is 18.2 Å². The van der Waals surface area contributed by atoms with E-state index in [1.807, 2.05) is 38.1 Å². The molecule has 1 heterocycles. The summed E-state index contributed by atoms with van der Waals surface area (Å²) in [6, 6.07) is 13.0. The maximum atomic E-state index is 12.5. The van der Waals surface area contributed by atoms with Crippen LogP contribution in [0.25, 0.3) is 0 Å². The molecule has 0 spiro atoms. The molecule has 0 aromatic heterocycles. The Morgan fingerprint density at radius 2 is 1.83 bits per heavy atom. The van der Waals surface area contributed by atoms with Crippen molar-refractivity contribution in [1.29, 1.82) is 0 Å². The van der Waals surface area contributed by atoms with Gasteiger partial charge in [-0.3, -0.25) is 4.79 Å². The number of ether oxygens (including phenoxy) is 3. The Bertz CT molecular complexity index is 712. The van der Waals surface area contributed by atoms with Gasteiger partial charge in [0.1, 0.15) is 19.0 Å². The summed E-state index contributed by atoms with van der Waals surface area (Å²) < 4.78 is 16.8. The van der Waals surface area contributed by atoms with Crippen molar-refractivity contribution in [2.24, 2.45) is 0 Å². The average Bonchev–Trinajstić information content (AvgIpc) is 2.61. The van der Waals surface area contributed by atoms with Gasteiger partial charge in [0.15, 0.2) is 17.6 Å². The van der Waals surface area contributed by atoms with E-state index in [0.29, 0.717) is 42.6 Å². The van der Waals surface area contributed by atoms with Gasteiger partial charge in [0.2, 0.25) is 0 Å². The summed E-state index contributed by atoms with van der Waals surface area (Å²) in [5, 5.41) is 2.88. The largest absolute Gasteiger partial charge is 0.486 e. The Morgan fingerprint density at radius 3 is 2.54 bits per heavy atom. The maximum absolute atomic E-state index is 12.5. The minimum Gasteiger partial charge on any atom is -0.486 e. The predicted molar refractivity (Wildman–Crippen MR) is 91.9 cm³/mol. The van der Waals surface area contributed by atoms with Gasteiger partial charge in [-0.2, -0.15) is 0 Å². The first kappa shape index (κ1) is 16.2. The van der Waals surface area contributed by atoms with Crippen LogP contribution in [0.5, 0.6) is 17.2 Å². The minimum absolute atomic E-state index is 0.185. The molecule has 2 aromatic carbocycles. The van der Waals surface area contributed by atoms with Crippen molar-refractivity contribution in [2.45, 2.75) is 26.4 Å². The third-order valence-corrected chi connectivity index (χ3v) is 3.77. The fourth-order valence-corrected chi connectivity index (χ4v) is 2.45. The molecule has 126 valence electrons. The van der Waals surface area contributed by atoms with Crippen molar-refractivity contribution in [2.75, 3.05) is 18.5 Å². The van der Waals surface area contributed by atoms with Crippen LogP contribution in [0, 0.1) is 6.92 Å². The Kier molecular flexibility index (Phi) is 4.89. The molecule has 1 N–H and O–H groups in total. The smallest absolute Gasteiger partial charge is 0.265 e. The highest BCUT2D eigenvalue weighted by molar-refractivity contribution is 5.94. The second-order valence-electron chi connectivity index (χ2n) is 5.68. The molecular formula is C19H21NO4. The zero-order chi connectivity index (χ0) is 16.9. The van der Waals surface area contributed by atoms with Crippen molar-refractivity contribution >= 4 is 11.6 Å². The van der Waals surface area contributed by atoms with Crippen molar-refractivity contribution in [1.82, 2.24) is 0 Å². The lowest BCUT2D eigenvalue weighted by Crippen LogP contribution is -2.32. The van der Waals surface area contributed by atoms with Crippen LogP contribution in [0.15, 0.2) is 42.5 Å². The monoisotopic (exact) mass is 327 g/mol. The molecule has 0 aliphatic carbocycles. The van der Waals surface area contributed by atoms with Crippen LogP contribution >= 0.6 is 0 Å². The van der Waals surface area contributed by atoms with Crippen LogP contribution in [0.1, 0.15) is 18.9 Å². The van der Waals surface area contributed by atoms with Gasteiger partial charge in [0.05, 0.1) is 0 Å². The van der Waals surface area contributed by atoms with E-state index < -0.39 is 6.10 Å². The number of amides is 1. The quantitative estimate of drug-likeness (QED) is 0.912. The van der Waals surface area contributed by atoms with Gasteiger partial charge in [0, 0.05) is 11.8 Å². The molecule has 5 heteroatoms. The molecular weight excluding hydrogens is 306 g/mol. The second-order valence-corrected chi connectivity index (χ2v) is 5.68. The molecule has 1 aliphatic heterocycles. The van der Waals surface area contributed by atoms with Gasteiger partial charge in [-0.25, -0.2) is 0 Å². The lowest BCUT2D eigenvalue weighted by Gasteiger charge is -2.20. The number of hydrogen-bond donors (Lipinski definition) is 1. The average molecular weight is 327 g/mol. The molecule has 5 nitrogen and oxygen atoms in total. The Hall–Kier alpha value is -2.69. The molecule has 24 heavy (non-hydrogen) atoms. The van der Waals surface area contributed by atoms with Gasteiger partial charge >= 0.3 is 0 Å². The van der Waals surface area contributed by atoms with Gasteiger partial charge in [-0.05, 0) is 37.6 Å².